The van der Waals surface area contributed by atoms with Gasteiger partial charge in [-0.1, -0.05) is 11.6 Å². The van der Waals surface area contributed by atoms with Gasteiger partial charge in [-0.05, 0) is 24.3 Å². The van der Waals surface area contributed by atoms with E-state index >= 15 is 0 Å². The standard InChI is InChI=1S/C11H7ClN4O/c12-9-3-1-7(2-4-9)11(17)15-10-8(5-13)6-14-16-10/h1-4,6H,(H2,14,15,16,17). The molecule has 1 aromatic carbocycles. The van der Waals surface area contributed by atoms with E-state index in [4.69, 9.17) is 16.9 Å². The number of halogens is 1. The summed E-state index contributed by atoms with van der Waals surface area (Å²) >= 11 is 5.72. The summed E-state index contributed by atoms with van der Waals surface area (Å²) in [6.07, 6.45) is 1.34. The predicted octanol–water partition coefficient (Wildman–Crippen LogP) is 2.19. The number of H-pyrrole nitrogens is 1. The number of hydrogen-bond donors (Lipinski definition) is 2. The van der Waals surface area contributed by atoms with Crippen LogP contribution in [-0.2, 0) is 0 Å². The largest absolute Gasteiger partial charge is 0.306 e. The lowest BCUT2D eigenvalue weighted by atomic mass is 10.2. The molecular formula is C11H7ClN4O. The number of carbonyl (C=O) groups is 1. The zero-order valence-electron chi connectivity index (χ0n) is 8.57. The van der Waals surface area contributed by atoms with Gasteiger partial charge < -0.3 is 5.32 Å². The molecule has 0 saturated heterocycles. The second-order valence-corrected chi connectivity index (χ2v) is 3.67. The van der Waals surface area contributed by atoms with Crippen molar-refractivity contribution in [3.05, 3.63) is 46.6 Å². The van der Waals surface area contributed by atoms with Crippen LogP contribution in [0.1, 0.15) is 15.9 Å². The molecule has 0 fully saturated rings. The van der Waals surface area contributed by atoms with Gasteiger partial charge in [0, 0.05) is 10.6 Å². The summed E-state index contributed by atoms with van der Waals surface area (Å²) in [5, 5.41) is 18.1. The van der Waals surface area contributed by atoms with Crippen LogP contribution in [-0.4, -0.2) is 16.1 Å². The number of nitrogens with one attached hydrogen (secondary N) is 2. The van der Waals surface area contributed by atoms with Crippen molar-refractivity contribution in [2.45, 2.75) is 0 Å². The van der Waals surface area contributed by atoms with Crippen LogP contribution in [0.4, 0.5) is 5.82 Å². The zero-order chi connectivity index (χ0) is 12.3. The highest BCUT2D eigenvalue weighted by Crippen LogP contribution is 2.13. The minimum absolute atomic E-state index is 0.285. The van der Waals surface area contributed by atoms with E-state index in [1.165, 1.54) is 6.20 Å². The molecule has 0 saturated carbocycles. The summed E-state index contributed by atoms with van der Waals surface area (Å²) in [6, 6.07) is 8.35. The SMILES string of the molecule is N#Cc1cn[nH]c1NC(=O)c1ccc(Cl)cc1. The van der Waals surface area contributed by atoms with Crippen LogP contribution in [0.3, 0.4) is 0 Å². The molecule has 0 spiro atoms. The maximum atomic E-state index is 11.8. The van der Waals surface area contributed by atoms with Crippen molar-refractivity contribution in [3.63, 3.8) is 0 Å². The Morgan fingerprint density at radius 2 is 2.12 bits per heavy atom. The first kappa shape index (κ1) is 11.2. The van der Waals surface area contributed by atoms with E-state index in [1.54, 1.807) is 24.3 Å². The fourth-order valence-electron chi connectivity index (χ4n) is 1.25. The normalized spacial score (nSPS) is 9.65. The number of nitriles is 1. The van der Waals surface area contributed by atoms with E-state index in [1.807, 2.05) is 6.07 Å². The Hall–Kier alpha value is -2.32. The van der Waals surface area contributed by atoms with Gasteiger partial charge in [0.25, 0.3) is 5.91 Å². The average molecular weight is 247 g/mol. The van der Waals surface area contributed by atoms with Gasteiger partial charge in [-0.2, -0.15) is 10.4 Å². The van der Waals surface area contributed by atoms with Gasteiger partial charge in [0.2, 0.25) is 0 Å². The van der Waals surface area contributed by atoms with Gasteiger partial charge in [-0.25, -0.2) is 0 Å². The van der Waals surface area contributed by atoms with Crippen LogP contribution in [0.2, 0.25) is 5.02 Å². The molecule has 5 nitrogen and oxygen atoms in total. The zero-order valence-corrected chi connectivity index (χ0v) is 9.32. The Morgan fingerprint density at radius 3 is 2.76 bits per heavy atom. The molecule has 1 heterocycles. The molecule has 0 aliphatic rings. The number of amides is 1. The first-order valence-corrected chi connectivity index (χ1v) is 5.09. The molecule has 84 valence electrons. The fraction of sp³-hybridized carbons (Fsp3) is 0. The Morgan fingerprint density at radius 1 is 1.41 bits per heavy atom. The first-order valence-electron chi connectivity index (χ1n) is 4.71. The van der Waals surface area contributed by atoms with Crippen molar-refractivity contribution in [3.8, 4) is 6.07 Å². The van der Waals surface area contributed by atoms with Crippen molar-refractivity contribution in [1.82, 2.24) is 10.2 Å². The number of aromatic amines is 1. The molecule has 0 atom stereocenters. The molecule has 0 unspecified atom stereocenters. The Balaban J connectivity index is 2.18. The monoisotopic (exact) mass is 246 g/mol. The third kappa shape index (κ3) is 2.44. The van der Waals surface area contributed by atoms with Crippen LogP contribution in [0.25, 0.3) is 0 Å². The van der Waals surface area contributed by atoms with E-state index in [-0.39, 0.29) is 17.3 Å². The van der Waals surface area contributed by atoms with Crippen molar-refractivity contribution >= 4 is 23.3 Å². The number of carbonyl (C=O) groups excluding carboxylic acids is 1. The van der Waals surface area contributed by atoms with Crippen LogP contribution >= 0.6 is 11.6 Å². The molecule has 17 heavy (non-hydrogen) atoms. The molecule has 0 aliphatic heterocycles. The van der Waals surface area contributed by atoms with Gasteiger partial charge in [-0.15, -0.1) is 0 Å². The molecule has 6 heteroatoms. The summed E-state index contributed by atoms with van der Waals surface area (Å²) in [6.45, 7) is 0. The van der Waals surface area contributed by atoms with E-state index in [2.05, 4.69) is 15.5 Å². The quantitative estimate of drug-likeness (QED) is 0.852. The molecule has 2 N–H and O–H groups in total. The lowest BCUT2D eigenvalue weighted by Crippen LogP contribution is -2.12. The third-order valence-electron chi connectivity index (χ3n) is 2.10. The summed E-state index contributed by atoms with van der Waals surface area (Å²) < 4.78 is 0. The molecule has 1 aromatic heterocycles. The number of aromatic nitrogens is 2. The van der Waals surface area contributed by atoms with Gasteiger partial charge in [0.05, 0.1) is 6.20 Å². The topological polar surface area (TPSA) is 81.6 Å². The highest BCUT2D eigenvalue weighted by atomic mass is 35.5. The second-order valence-electron chi connectivity index (χ2n) is 3.23. The maximum Gasteiger partial charge on any atom is 0.256 e. The first-order chi connectivity index (χ1) is 8.20. The van der Waals surface area contributed by atoms with Crippen molar-refractivity contribution in [2.75, 3.05) is 5.32 Å². The van der Waals surface area contributed by atoms with Crippen molar-refractivity contribution in [2.24, 2.45) is 0 Å². The fourth-order valence-corrected chi connectivity index (χ4v) is 1.38. The lowest BCUT2D eigenvalue weighted by molar-refractivity contribution is 0.102. The lowest BCUT2D eigenvalue weighted by Gasteiger charge is -2.02. The molecule has 1 amide bonds. The van der Waals surface area contributed by atoms with Crippen molar-refractivity contribution < 1.29 is 4.79 Å². The smallest absolute Gasteiger partial charge is 0.256 e. The van der Waals surface area contributed by atoms with Crippen LogP contribution in [0, 0.1) is 11.3 Å². The maximum absolute atomic E-state index is 11.8. The minimum Gasteiger partial charge on any atom is -0.306 e. The molecule has 2 aromatic rings. The second kappa shape index (κ2) is 4.68. The van der Waals surface area contributed by atoms with Gasteiger partial charge in [0.1, 0.15) is 17.5 Å². The molecule has 2 rings (SSSR count). The summed E-state index contributed by atoms with van der Waals surface area (Å²) in [4.78, 5) is 11.8. The van der Waals surface area contributed by atoms with E-state index < -0.39 is 0 Å². The van der Waals surface area contributed by atoms with E-state index in [9.17, 15) is 4.79 Å². The van der Waals surface area contributed by atoms with Gasteiger partial charge in [0.15, 0.2) is 0 Å². The number of rotatable bonds is 2. The van der Waals surface area contributed by atoms with Gasteiger partial charge >= 0.3 is 0 Å². The molecular weight excluding hydrogens is 240 g/mol. The number of nitrogens with zero attached hydrogens (tertiary/aromatic N) is 2. The third-order valence-corrected chi connectivity index (χ3v) is 2.36. The Kier molecular flexibility index (Phi) is 3.08. The molecule has 0 aliphatic carbocycles. The Bertz CT molecular complexity index is 582. The molecule has 0 bridgehead atoms. The Labute approximate surface area is 102 Å². The van der Waals surface area contributed by atoms with Crippen LogP contribution in [0.5, 0.6) is 0 Å². The number of benzene rings is 1. The van der Waals surface area contributed by atoms with Gasteiger partial charge in [-0.3, -0.25) is 9.89 Å². The van der Waals surface area contributed by atoms with Crippen LogP contribution < -0.4 is 5.32 Å². The highest BCUT2D eigenvalue weighted by Gasteiger charge is 2.10. The number of hydrogen-bond acceptors (Lipinski definition) is 3. The average Bonchev–Trinajstić information content (AvgIpc) is 2.77. The van der Waals surface area contributed by atoms with E-state index in [0.29, 0.717) is 10.6 Å². The molecule has 0 radical (unpaired) electrons. The van der Waals surface area contributed by atoms with E-state index in [0.717, 1.165) is 0 Å². The number of anilines is 1. The summed E-state index contributed by atoms with van der Waals surface area (Å²) in [7, 11) is 0. The summed E-state index contributed by atoms with van der Waals surface area (Å²) in [5.41, 5.74) is 0.736. The minimum atomic E-state index is -0.331. The van der Waals surface area contributed by atoms with Crippen molar-refractivity contribution in [1.29, 1.82) is 5.26 Å². The predicted molar refractivity (Wildman–Crippen MR) is 62.7 cm³/mol. The highest BCUT2D eigenvalue weighted by molar-refractivity contribution is 6.30. The van der Waals surface area contributed by atoms with Crippen LogP contribution in [0.15, 0.2) is 30.5 Å². The summed E-state index contributed by atoms with van der Waals surface area (Å²) in [5.74, 6) is -0.0464.